The molecule has 1 heterocycles. The fourth-order valence-electron chi connectivity index (χ4n) is 2.23. The Morgan fingerprint density at radius 2 is 1.90 bits per heavy atom. The molecule has 0 saturated carbocycles. The quantitative estimate of drug-likeness (QED) is 0.739. The third-order valence-corrected chi connectivity index (χ3v) is 3.41. The number of aryl methyl sites for hydroxylation is 1. The Morgan fingerprint density at radius 1 is 1.05 bits per heavy atom. The van der Waals surface area contributed by atoms with Gasteiger partial charge in [-0.15, -0.1) is 0 Å². The normalized spacial score (nSPS) is 10.6. The first kappa shape index (κ1) is 13.2. The lowest BCUT2D eigenvalue weighted by molar-refractivity contribution is 0.419. The van der Waals surface area contributed by atoms with Gasteiger partial charge in [0.15, 0.2) is 0 Å². The van der Waals surface area contributed by atoms with Crippen LogP contribution in [0.25, 0.3) is 10.8 Å². The number of methoxy groups -OCH3 is 1. The lowest BCUT2D eigenvalue weighted by atomic mass is 10.1. The number of hydrogen-bond acceptors (Lipinski definition) is 4. The highest BCUT2D eigenvalue weighted by atomic mass is 16.5. The Balaban J connectivity index is 2.06. The van der Waals surface area contributed by atoms with Gasteiger partial charge in [-0.25, -0.2) is 4.98 Å². The monoisotopic (exact) mass is 280 g/mol. The predicted molar refractivity (Wildman–Crippen MR) is 84.0 cm³/mol. The van der Waals surface area contributed by atoms with Crippen LogP contribution in [0.5, 0.6) is 17.4 Å². The summed E-state index contributed by atoms with van der Waals surface area (Å²) in [5.41, 5.74) is 7.55. The van der Waals surface area contributed by atoms with Gasteiger partial charge in [-0.05, 0) is 48.9 Å². The van der Waals surface area contributed by atoms with Gasteiger partial charge in [0.05, 0.1) is 7.11 Å². The molecule has 4 nitrogen and oxygen atoms in total. The summed E-state index contributed by atoms with van der Waals surface area (Å²) in [6, 6.07) is 13.3. The summed E-state index contributed by atoms with van der Waals surface area (Å²) in [5, 5.41) is 1.88. The molecule has 3 rings (SSSR count). The van der Waals surface area contributed by atoms with Crippen molar-refractivity contribution in [3.8, 4) is 17.4 Å². The molecule has 2 aromatic carbocycles. The zero-order chi connectivity index (χ0) is 14.8. The average Bonchev–Trinajstić information content (AvgIpc) is 2.51. The smallest absolute Gasteiger partial charge is 0.227 e. The number of ether oxygens (including phenoxy) is 2. The summed E-state index contributed by atoms with van der Waals surface area (Å²) in [5.74, 6) is 2.06. The van der Waals surface area contributed by atoms with Gasteiger partial charge in [0, 0.05) is 22.7 Å². The van der Waals surface area contributed by atoms with E-state index in [2.05, 4.69) is 4.98 Å². The molecular weight excluding hydrogens is 264 g/mol. The first-order valence-corrected chi connectivity index (χ1v) is 6.65. The second kappa shape index (κ2) is 5.32. The summed E-state index contributed by atoms with van der Waals surface area (Å²) in [7, 11) is 1.65. The Kier molecular flexibility index (Phi) is 3.36. The largest absolute Gasteiger partial charge is 0.496 e. The SMILES string of the molecule is COc1cccc2c(Oc3ccc(N)c(C)c3)nccc12. The number of nitrogens with zero attached hydrogens (tertiary/aromatic N) is 1. The molecule has 0 spiro atoms. The van der Waals surface area contributed by atoms with Gasteiger partial charge in [-0.2, -0.15) is 0 Å². The molecule has 0 fully saturated rings. The lowest BCUT2D eigenvalue weighted by Gasteiger charge is -2.11. The third-order valence-electron chi connectivity index (χ3n) is 3.41. The molecular formula is C17H16N2O2. The molecule has 0 amide bonds. The van der Waals surface area contributed by atoms with Crippen LogP contribution >= 0.6 is 0 Å². The van der Waals surface area contributed by atoms with Crippen LogP contribution in [0.3, 0.4) is 0 Å². The van der Waals surface area contributed by atoms with Gasteiger partial charge < -0.3 is 15.2 Å². The first-order chi connectivity index (χ1) is 10.2. The lowest BCUT2D eigenvalue weighted by Crippen LogP contribution is -1.93. The number of hydrogen-bond donors (Lipinski definition) is 1. The number of nitrogens with two attached hydrogens (primary N) is 1. The van der Waals surface area contributed by atoms with Crippen molar-refractivity contribution < 1.29 is 9.47 Å². The van der Waals surface area contributed by atoms with Crippen LogP contribution in [0.4, 0.5) is 5.69 Å². The molecule has 21 heavy (non-hydrogen) atoms. The molecule has 0 saturated heterocycles. The van der Waals surface area contributed by atoms with Gasteiger partial charge in [0.1, 0.15) is 11.5 Å². The van der Waals surface area contributed by atoms with Crippen LogP contribution in [0.1, 0.15) is 5.56 Å². The van der Waals surface area contributed by atoms with Crippen LogP contribution in [0.2, 0.25) is 0 Å². The summed E-state index contributed by atoms with van der Waals surface area (Å²) in [6.07, 6.45) is 1.71. The van der Waals surface area contributed by atoms with Crippen LogP contribution in [-0.4, -0.2) is 12.1 Å². The molecule has 106 valence electrons. The van der Waals surface area contributed by atoms with Crippen molar-refractivity contribution >= 4 is 16.5 Å². The van der Waals surface area contributed by atoms with E-state index in [1.807, 2.05) is 49.4 Å². The number of benzene rings is 2. The minimum atomic E-state index is 0.551. The average molecular weight is 280 g/mol. The van der Waals surface area contributed by atoms with Gasteiger partial charge in [-0.3, -0.25) is 0 Å². The zero-order valence-electron chi connectivity index (χ0n) is 12.0. The molecule has 4 heteroatoms. The Bertz CT molecular complexity index is 800. The van der Waals surface area contributed by atoms with Crippen molar-refractivity contribution in [2.75, 3.05) is 12.8 Å². The van der Waals surface area contributed by atoms with Crippen molar-refractivity contribution in [3.63, 3.8) is 0 Å². The number of aromatic nitrogens is 1. The first-order valence-electron chi connectivity index (χ1n) is 6.65. The van der Waals surface area contributed by atoms with E-state index in [4.69, 9.17) is 15.2 Å². The fraction of sp³-hybridized carbons (Fsp3) is 0.118. The summed E-state index contributed by atoms with van der Waals surface area (Å²) < 4.78 is 11.3. The van der Waals surface area contributed by atoms with Crippen LogP contribution in [0, 0.1) is 6.92 Å². The highest BCUT2D eigenvalue weighted by molar-refractivity contribution is 5.91. The maximum Gasteiger partial charge on any atom is 0.227 e. The molecule has 1 aromatic heterocycles. The summed E-state index contributed by atoms with van der Waals surface area (Å²) in [4.78, 5) is 4.32. The Hall–Kier alpha value is -2.75. The maximum absolute atomic E-state index is 5.90. The van der Waals surface area contributed by atoms with Crippen molar-refractivity contribution in [2.24, 2.45) is 0 Å². The van der Waals surface area contributed by atoms with E-state index in [0.717, 1.165) is 27.8 Å². The summed E-state index contributed by atoms with van der Waals surface area (Å²) >= 11 is 0. The van der Waals surface area contributed by atoms with Crippen LogP contribution in [0.15, 0.2) is 48.7 Å². The van der Waals surface area contributed by atoms with E-state index in [9.17, 15) is 0 Å². The molecule has 3 aromatic rings. The van der Waals surface area contributed by atoms with E-state index in [1.54, 1.807) is 13.3 Å². The molecule has 0 aliphatic heterocycles. The van der Waals surface area contributed by atoms with Gasteiger partial charge in [0.2, 0.25) is 5.88 Å². The van der Waals surface area contributed by atoms with Crippen molar-refractivity contribution in [1.82, 2.24) is 4.98 Å². The number of fused-ring (bicyclic) bond motifs is 1. The Morgan fingerprint density at radius 3 is 2.67 bits per heavy atom. The van der Waals surface area contributed by atoms with Gasteiger partial charge in [0.25, 0.3) is 0 Å². The van der Waals surface area contributed by atoms with Gasteiger partial charge >= 0.3 is 0 Å². The molecule has 0 aliphatic carbocycles. The van der Waals surface area contributed by atoms with E-state index in [1.165, 1.54) is 0 Å². The Labute approximate surface area is 123 Å². The second-order valence-corrected chi connectivity index (χ2v) is 4.79. The minimum absolute atomic E-state index is 0.551. The standard InChI is InChI=1S/C17H16N2O2/c1-11-10-12(6-7-15(11)18)21-17-14-4-3-5-16(20-2)13(14)8-9-19-17/h3-10H,18H2,1-2H3. The molecule has 0 aliphatic rings. The van der Waals surface area contributed by atoms with Crippen molar-refractivity contribution in [1.29, 1.82) is 0 Å². The molecule has 0 radical (unpaired) electrons. The number of rotatable bonds is 3. The maximum atomic E-state index is 5.90. The number of nitrogen functional groups attached to an aromatic ring is 1. The number of pyridine rings is 1. The summed E-state index contributed by atoms with van der Waals surface area (Å²) in [6.45, 7) is 1.95. The van der Waals surface area contributed by atoms with E-state index < -0.39 is 0 Å². The van der Waals surface area contributed by atoms with Crippen LogP contribution in [-0.2, 0) is 0 Å². The second-order valence-electron chi connectivity index (χ2n) is 4.79. The number of anilines is 1. The van der Waals surface area contributed by atoms with Gasteiger partial charge in [-0.1, -0.05) is 6.07 Å². The molecule has 0 unspecified atom stereocenters. The van der Waals surface area contributed by atoms with Crippen molar-refractivity contribution in [3.05, 3.63) is 54.2 Å². The molecule has 2 N–H and O–H groups in total. The van der Waals surface area contributed by atoms with E-state index >= 15 is 0 Å². The molecule has 0 atom stereocenters. The predicted octanol–water partition coefficient (Wildman–Crippen LogP) is 3.93. The topological polar surface area (TPSA) is 57.4 Å². The van der Waals surface area contributed by atoms with E-state index in [-0.39, 0.29) is 0 Å². The van der Waals surface area contributed by atoms with E-state index in [0.29, 0.717) is 11.6 Å². The zero-order valence-corrected chi connectivity index (χ0v) is 12.0. The van der Waals surface area contributed by atoms with Crippen LogP contribution < -0.4 is 15.2 Å². The molecule has 0 bridgehead atoms. The van der Waals surface area contributed by atoms with Crippen molar-refractivity contribution in [2.45, 2.75) is 6.92 Å². The highest BCUT2D eigenvalue weighted by Crippen LogP contribution is 2.33. The highest BCUT2D eigenvalue weighted by Gasteiger charge is 2.08. The fourth-order valence-corrected chi connectivity index (χ4v) is 2.23. The third kappa shape index (κ3) is 2.48. The minimum Gasteiger partial charge on any atom is -0.496 e.